The summed E-state index contributed by atoms with van der Waals surface area (Å²) in [6.45, 7) is 0. The zero-order valence-electron chi connectivity index (χ0n) is 14.7. The van der Waals surface area contributed by atoms with Gasteiger partial charge in [-0.15, -0.1) is 5.10 Å². The Kier molecular flexibility index (Phi) is 3.49. The number of benzene rings is 1. The van der Waals surface area contributed by atoms with Gasteiger partial charge >= 0.3 is 0 Å². The lowest BCUT2D eigenvalue weighted by molar-refractivity contribution is 0.305. The highest BCUT2D eigenvalue weighted by Gasteiger charge is 2.18. The number of aromatic nitrogens is 5. The number of hydrogen-bond donors (Lipinski definition) is 2. The van der Waals surface area contributed by atoms with E-state index >= 15 is 0 Å². The molecule has 3 heterocycles. The molecule has 0 saturated heterocycles. The first kappa shape index (κ1) is 15.6. The second kappa shape index (κ2) is 5.58. The SMILES string of the molecule is BC(B)(B)Oc1nn(C)c2cc(Nc3n[nH]c4cccnc34)ccc12. The van der Waals surface area contributed by atoms with Gasteiger partial charge in [-0.05, 0) is 30.3 Å². The van der Waals surface area contributed by atoms with Gasteiger partial charge in [-0.1, -0.05) is 0 Å². The predicted octanol–water partition coefficient (Wildman–Crippen LogP) is -0.522. The molecular formula is C15H17B3N6O. The molecule has 0 spiro atoms. The van der Waals surface area contributed by atoms with E-state index in [1.807, 2.05) is 65.6 Å². The molecule has 4 aromatic rings. The van der Waals surface area contributed by atoms with Crippen LogP contribution >= 0.6 is 0 Å². The predicted molar refractivity (Wildman–Crippen MR) is 107 cm³/mol. The Bertz CT molecular complexity index is 1070. The van der Waals surface area contributed by atoms with Crippen LogP contribution in [-0.2, 0) is 7.05 Å². The molecule has 0 saturated carbocycles. The molecule has 0 unspecified atom stereocenters. The highest BCUT2D eigenvalue weighted by Crippen LogP contribution is 2.30. The Morgan fingerprint density at radius 2 is 2.08 bits per heavy atom. The van der Waals surface area contributed by atoms with Gasteiger partial charge in [-0.3, -0.25) is 14.8 Å². The Morgan fingerprint density at radius 1 is 1.24 bits per heavy atom. The quantitative estimate of drug-likeness (QED) is 0.492. The zero-order chi connectivity index (χ0) is 17.6. The maximum Gasteiger partial charge on any atom is 0.239 e. The Hall–Kier alpha value is -2.90. The Balaban J connectivity index is 1.71. The van der Waals surface area contributed by atoms with Crippen LogP contribution in [0.2, 0.25) is 0 Å². The van der Waals surface area contributed by atoms with Crippen molar-refractivity contribution in [2.75, 3.05) is 5.32 Å². The summed E-state index contributed by atoms with van der Waals surface area (Å²) < 4.78 is 7.78. The summed E-state index contributed by atoms with van der Waals surface area (Å²) in [5.74, 6) is 1.34. The third-order valence-electron chi connectivity index (χ3n) is 3.80. The standard InChI is InChI=1S/C15H17B3N6O/c1-24-11-7-8(4-5-9(11)14(23-24)25-15(16,17)18)20-13-12-10(21-22-13)3-2-6-19-12/h2-7H,16-18H2,1H3,(H2,20,21,22). The van der Waals surface area contributed by atoms with Gasteiger partial charge in [0.1, 0.15) is 29.1 Å². The van der Waals surface area contributed by atoms with Gasteiger partial charge in [0.15, 0.2) is 5.82 Å². The van der Waals surface area contributed by atoms with Crippen LogP contribution in [0.1, 0.15) is 0 Å². The maximum absolute atomic E-state index is 5.96. The molecular weight excluding hydrogens is 313 g/mol. The van der Waals surface area contributed by atoms with Crippen molar-refractivity contribution < 1.29 is 4.74 Å². The van der Waals surface area contributed by atoms with E-state index in [1.54, 1.807) is 6.20 Å². The van der Waals surface area contributed by atoms with Crippen molar-refractivity contribution in [1.82, 2.24) is 25.0 Å². The fourth-order valence-corrected chi connectivity index (χ4v) is 2.74. The largest absolute Gasteiger partial charge is 0.497 e. The number of fused-ring (bicyclic) bond motifs is 2. The van der Waals surface area contributed by atoms with E-state index in [0.717, 1.165) is 27.6 Å². The number of hydrogen-bond acceptors (Lipinski definition) is 5. The van der Waals surface area contributed by atoms with Crippen molar-refractivity contribution in [2.45, 2.75) is 5.30 Å². The third-order valence-corrected chi connectivity index (χ3v) is 3.80. The number of ether oxygens (including phenoxy) is 1. The second-order valence-electron chi connectivity index (χ2n) is 6.97. The topological polar surface area (TPSA) is 80.6 Å². The summed E-state index contributed by atoms with van der Waals surface area (Å²) in [5, 5.41) is 15.8. The summed E-state index contributed by atoms with van der Waals surface area (Å²) in [6, 6.07) is 9.85. The molecule has 0 fully saturated rings. The van der Waals surface area contributed by atoms with Gasteiger partial charge in [-0.25, -0.2) is 0 Å². The molecule has 25 heavy (non-hydrogen) atoms. The summed E-state index contributed by atoms with van der Waals surface area (Å²) >= 11 is 0. The first-order valence-corrected chi connectivity index (χ1v) is 8.13. The molecule has 0 bridgehead atoms. The number of nitrogens with one attached hydrogen (secondary N) is 2. The molecule has 10 heteroatoms. The third kappa shape index (κ3) is 2.95. The maximum atomic E-state index is 5.96. The molecule has 122 valence electrons. The fourth-order valence-electron chi connectivity index (χ4n) is 2.74. The first-order chi connectivity index (χ1) is 11.9. The minimum atomic E-state index is -0.294. The first-order valence-electron chi connectivity index (χ1n) is 8.13. The summed E-state index contributed by atoms with van der Waals surface area (Å²) in [6.07, 6.45) is 1.75. The van der Waals surface area contributed by atoms with Crippen LogP contribution in [0.5, 0.6) is 5.88 Å². The number of H-pyrrole nitrogens is 1. The molecule has 3 aromatic heterocycles. The molecule has 1 aromatic carbocycles. The summed E-state index contributed by atoms with van der Waals surface area (Å²) in [4.78, 5) is 4.37. The molecule has 0 amide bonds. The monoisotopic (exact) mass is 330 g/mol. The minimum Gasteiger partial charge on any atom is -0.497 e. The molecule has 0 aliphatic heterocycles. The van der Waals surface area contributed by atoms with Crippen molar-refractivity contribution in [3.8, 4) is 5.88 Å². The van der Waals surface area contributed by atoms with Crippen LogP contribution < -0.4 is 10.1 Å². The number of aryl methyl sites for hydroxylation is 1. The van der Waals surface area contributed by atoms with Crippen LogP contribution in [0.3, 0.4) is 0 Å². The lowest BCUT2D eigenvalue weighted by atomic mass is 9.52. The number of rotatable bonds is 4. The number of nitrogens with zero attached hydrogens (tertiary/aromatic N) is 4. The van der Waals surface area contributed by atoms with E-state index in [1.165, 1.54) is 0 Å². The molecule has 4 rings (SSSR count). The van der Waals surface area contributed by atoms with Gasteiger partial charge in [0.2, 0.25) is 5.88 Å². The van der Waals surface area contributed by atoms with Crippen LogP contribution in [0.15, 0.2) is 36.5 Å². The molecule has 0 aliphatic carbocycles. The highest BCUT2D eigenvalue weighted by molar-refractivity contribution is 6.58. The van der Waals surface area contributed by atoms with Gasteiger partial charge in [-0.2, -0.15) is 5.10 Å². The zero-order valence-corrected chi connectivity index (χ0v) is 14.7. The van der Waals surface area contributed by atoms with E-state index in [0.29, 0.717) is 11.7 Å². The van der Waals surface area contributed by atoms with Gasteiger partial charge < -0.3 is 10.1 Å². The molecule has 0 aliphatic rings. The van der Waals surface area contributed by atoms with E-state index in [4.69, 9.17) is 4.74 Å². The van der Waals surface area contributed by atoms with Gasteiger partial charge in [0, 0.05) is 24.2 Å². The number of anilines is 2. The van der Waals surface area contributed by atoms with Crippen molar-refractivity contribution in [3.05, 3.63) is 36.5 Å². The molecule has 7 nitrogen and oxygen atoms in total. The van der Waals surface area contributed by atoms with Crippen molar-refractivity contribution >= 4 is 57.0 Å². The Morgan fingerprint density at radius 3 is 2.88 bits per heavy atom. The van der Waals surface area contributed by atoms with Crippen molar-refractivity contribution in [3.63, 3.8) is 0 Å². The van der Waals surface area contributed by atoms with E-state index in [-0.39, 0.29) is 5.30 Å². The highest BCUT2D eigenvalue weighted by atomic mass is 16.5. The van der Waals surface area contributed by atoms with Gasteiger partial charge in [0.05, 0.1) is 16.4 Å². The smallest absolute Gasteiger partial charge is 0.239 e. The Labute approximate surface area is 147 Å². The normalized spacial score (nSPS) is 11.9. The van der Waals surface area contributed by atoms with E-state index in [2.05, 4.69) is 25.6 Å². The number of aromatic amines is 1. The molecule has 2 N–H and O–H groups in total. The van der Waals surface area contributed by atoms with E-state index < -0.39 is 0 Å². The van der Waals surface area contributed by atoms with Crippen LogP contribution in [0.25, 0.3) is 21.9 Å². The van der Waals surface area contributed by atoms with Crippen molar-refractivity contribution in [2.24, 2.45) is 7.05 Å². The van der Waals surface area contributed by atoms with Gasteiger partial charge in [0.25, 0.3) is 0 Å². The number of pyridine rings is 1. The molecule has 0 radical (unpaired) electrons. The average Bonchev–Trinajstić information content (AvgIpc) is 3.08. The van der Waals surface area contributed by atoms with Crippen LogP contribution in [0.4, 0.5) is 11.5 Å². The minimum absolute atomic E-state index is 0.294. The summed E-state index contributed by atoms with van der Waals surface area (Å²) in [7, 11) is 7.95. The summed E-state index contributed by atoms with van der Waals surface area (Å²) in [5.41, 5.74) is 3.60. The van der Waals surface area contributed by atoms with Crippen molar-refractivity contribution in [1.29, 1.82) is 0 Å². The average molecular weight is 330 g/mol. The lowest BCUT2D eigenvalue weighted by Crippen LogP contribution is -2.37. The van der Waals surface area contributed by atoms with Crippen LogP contribution in [0, 0.1) is 0 Å². The lowest BCUT2D eigenvalue weighted by Gasteiger charge is -2.19. The fraction of sp³-hybridized carbons (Fsp3) is 0.133. The molecule has 0 atom stereocenters. The second-order valence-corrected chi connectivity index (χ2v) is 6.97. The van der Waals surface area contributed by atoms with E-state index in [9.17, 15) is 0 Å². The van der Waals surface area contributed by atoms with Crippen LogP contribution in [-0.4, -0.2) is 53.8 Å².